The van der Waals surface area contributed by atoms with Crippen LogP contribution in [0, 0.1) is 5.82 Å². The average Bonchev–Trinajstić information content (AvgIpc) is 2.46. The Morgan fingerprint density at radius 3 is 2.70 bits per heavy atom. The smallest absolute Gasteiger partial charge is 0.123 e. The maximum atomic E-state index is 13.4. The summed E-state index contributed by atoms with van der Waals surface area (Å²) in [4.78, 5) is 6.49. The van der Waals surface area contributed by atoms with Crippen molar-refractivity contribution in [1.82, 2.24) is 4.98 Å². The van der Waals surface area contributed by atoms with Gasteiger partial charge in [-0.25, -0.2) is 4.39 Å². The summed E-state index contributed by atoms with van der Waals surface area (Å²) in [6, 6.07) is 10.4. The fourth-order valence-electron chi connectivity index (χ4n) is 2.23. The molecule has 1 heterocycles. The third kappa shape index (κ3) is 3.33. The zero-order chi connectivity index (χ0) is 14.5. The van der Waals surface area contributed by atoms with Crippen LogP contribution in [0.15, 0.2) is 42.6 Å². The van der Waals surface area contributed by atoms with Crippen molar-refractivity contribution in [2.24, 2.45) is 5.73 Å². The Balaban J connectivity index is 2.32. The molecule has 3 nitrogen and oxygen atoms in total. The zero-order valence-corrected chi connectivity index (χ0v) is 11.9. The highest BCUT2D eigenvalue weighted by molar-refractivity contribution is 5.55. The van der Waals surface area contributed by atoms with Gasteiger partial charge in [-0.05, 0) is 49.7 Å². The number of pyridine rings is 1. The number of nitrogens with zero attached hydrogens (tertiary/aromatic N) is 2. The largest absolute Gasteiger partial charge is 0.366 e. The molecule has 0 saturated heterocycles. The summed E-state index contributed by atoms with van der Waals surface area (Å²) < 4.78 is 13.4. The number of hydrogen-bond donors (Lipinski definition) is 1. The molecule has 20 heavy (non-hydrogen) atoms. The molecule has 106 valence electrons. The number of benzene rings is 1. The van der Waals surface area contributed by atoms with Crippen LogP contribution in [0.5, 0.6) is 0 Å². The third-order valence-corrected chi connectivity index (χ3v) is 3.28. The summed E-state index contributed by atoms with van der Waals surface area (Å²) in [5.74, 6) is -0.255. The highest BCUT2D eigenvalue weighted by Crippen LogP contribution is 2.27. The molecule has 0 radical (unpaired) electrons. The van der Waals surface area contributed by atoms with E-state index in [2.05, 4.69) is 16.8 Å². The van der Waals surface area contributed by atoms with Crippen molar-refractivity contribution in [3.63, 3.8) is 0 Å². The SMILES string of the molecule is CCN(Cc1ccccn1)c1ccc(F)cc1[C@H](C)N. The molecule has 2 rings (SSSR count). The topological polar surface area (TPSA) is 42.2 Å². The van der Waals surface area contributed by atoms with Gasteiger partial charge < -0.3 is 10.6 Å². The average molecular weight is 273 g/mol. The van der Waals surface area contributed by atoms with Crippen LogP contribution in [0.2, 0.25) is 0 Å². The van der Waals surface area contributed by atoms with Gasteiger partial charge in [0, 0.05) is 24.5 Å². The van der Waals surface area contributed by atoms with Gasteiger partial charge in [-0.3, -0.25) is 4.98 Å². The van der Waals surface area contributed by atoms with Crippen molar-refractivity contribution in [3.8, 4) is 0 Å². The molecule has 4 heteroatoms. The fourth-order valence-corrected chi connectivity index (χ4v) is 2.23. The van der Waals surface area contributed by atoms with E-state index in [9.17, 15) is 4.39 Å². The molecule has 0 aliphatic carbocycles. The highest BCUT2D eigenvalue weighted by atomic mass is 19.1. The summed E-state index contributed by atoms with van der Waals surface area (Å²) in [6.07, 6.45) is 1.78. The summed E-state index contributed by atoms with van der Waals surface area (Å²) in [5, 5.41) is 0. The Morgan fingerprint density at radius 1 is 1.30 bits per heavy atom. The molecule has 0 aliphatic rings. The van der Waals surface area contributed by atoms with Crippen LogP contribution in [0.4, 0.5) is 10.1 Å². The van der Waals surface area contributed by atoms with E-state index in [1.165, 1.54) is 12.1 Å². The van der Waals surface area contributed by atoms with Crippen LogP contribution in [0.25, 0.3) is 0 Å². The molecule has 1 atom stereocenters. The Morgan fingerprint density at radius 2 is 2.10 bits per heavy atom. The number of rotatable bonds is 5. The number of anilines is 1. The predicted molar refractivity (Wildman–Crippen MR) is 80.0 cm³/mol. The molecule has 0 unspecified atom stereocenters. The Kier molecular flexibility index (Phi) is 4.69. The second-order valence-electron chi connectivity index (χ2n) is 4.83. The molecule has 0 amide bonds. The minimum Gasteiger partial charge on any atom is -0.366 e. The first kappa shape index (κ1) is 14.5. The highest BCUT2D eigenvalue weighted by Gasteiger charge is 2.14. The molecule has 1 aromatic heterocycles. The van der Waals surface area contributed by atoms with E-state index in [0.717, 1.165) is 23.5 Å². The second-order valence-corrected chi connectivity index (χ2v) is 4.83. The normalized spacial score (nSPS) is 12.2. The van der Waals surface area contributed by atoms with Crippen molar-refractivity contribution >= 4 is 5.69 Å². The zero-order valence-electron chi connectivity index (χ0n) is 11.9. The Labute approximate surface area is 119 Å². The van der Waals surface area contributed by atoms with Gasteiger partial charge in [0.2, 0.25) is 0 Å². The van der Waals surface area contributed by atoms with Gasteiger partial charge in [-0.15, -0.1) is 0 Å². The molecular weight excluding hydrogens is 253 g/mol. The Hall–Kier alpha value is -1.94. The van der Waals surface area contributed by atoms with Gasteiger partial charge in [-0.2, -0.15) is 0 Å². The lowest BCUT2D eigenvalue weighted by atomic mass is 10.1. The molecular formula is C16H20FN3. The lowest BCUT2D eigenvalue weighted by Gasteiger charge is -2.26. The van der Waals surface area contributed by atoms with Crippen molar-refractivity contribution in [1.29, 1.82) is 0 Å². The molecule has 1 aromatic carbocycles. The molecule has 0 fully saturated rings. The van der Waals surface area contributed by atoms with E-state index in [0.29, 0.717) is 6.54 Å². The summed E-state index contributed by atoms with van der Waals surface area (Å²) in [6.45, 7) is 5.43. The monoisotopic (exact) mass is 273 g/mol. The standard InChI is InChI=1S/C16H20FN3/c1-3-20(11-14-6-4-5-9-19-14)16-8-7-13(17)10-15(16)12(2)18/h4-10,12H,3,11,18H2,1-2H3/t12-/m0/s1. The van der Waals surface area contributed by atoms with E-state index in [1.807, 2.05) is 25.1 Å². The fraction of sp³-hybridized carbons (Fsp3) is 0.312. The van der Waals surface area contributed by atoms with Gasteiger partial charge in [0.05, 0.1) is 12.2 Å². The van der Waals surface area contributed by atoms with Crippen molar-refractivity contribution < 1.29 is 4.39 Å². The van der Waals surface area contributed by atoms with Crippen LogP contribution in [-0.2, 0) is 6.54 Å². The first-order chi connectivity index (χ1) is 9.61. The van der Waals surface area contributed by atoms with Gasteiger partial charge in [-0.1, -0.05) is 6.07 Å². The van der Waals surface area contributed by atoms with E-state index < -0.39 is 0 Å². The molecule has 0 bridgehead atoms. The molecule has 0 saturated carbocycles. The summed E-state index contributed by atoms with van der Waals surface area (Å²) in [5.41, 5.74) is 8.73. The van der Waals surface area contributed by atoms with Crippen LogP contribution >= 0.6 is 0 Å². The number of aromatic nitrogens is 1. The first-order valence-electron chi connectivity index (χ1n) is 6.81. The van der Waals surface area contributed by atoms with E-state index in [4.69, 9.17) is 5.73 Å². The number of halogens is 1. The lowest BCUT2D eigenvalue weighted by Crippen LogP contribution is -2.25. The van der Waals surface area contributed by atoms with E-state index in [1.54, 1.807) is 12.3 Å². The van der Waals surface area contributed by atoms with Gasteiger partial charge in [0.1, 0.15) is 5.82 Å². The van der Waals surface area contributed by atoms with Crippen molar-refractivity contribution in [3.05, 3.63) is 59.7 Å². The molecule has 2 N–H and O–H groups in total. The maximum absolute atomic E-state index is 13.4. The molecule has 0 spiro atoms. The number of nitrogens with two attached hydrogens (primary N) is 1. The maximum Gasteiger partial charge on any atom is 0.123 e. The predicted octanol–water partition coefficient (Wildman–Crippen LogP) is 3.27. The van der Waals surface area contributed by atoms with Gasteiger partial charge >= 0.3 is 0 Å². The Bertz CT molecular complexity index is 555. The van der Waals surface area contributed by atoms with Crippen LogP contribution in [0.1, 0.15) is 31.1 Å². The van der Waals surface area contributed by atoms with Crippen LogP contribution < -0.4 is 10.6 Å². The van der Waals surface area contributed by atoms with Crippen molar-refractivity contribution in [2.45, 2.75) is 26.4 Å². The first-order valence-corrected chi connectivity index (χ1v) is 6.81. The minimum atomic E-state index is -0.255. The van der Waals surface area contributed by atoms with E-state index in [-0.39, 0.29) is 11.9 Å². The van der Waals surface area contributed by atoms with Gasteiger partial charge in [0.25, 0.3) is 0 Å². The van der Waals surface area contributed by atoms with Gasteiger partial charge in [0.15, 0.2) is 0 Å². The quantitative estimate of drug-likeness (QED) is 0.909. The van der Waals surface area contributed by atoms with E-state index >= 15 is 0 Å². The number of hydrogen-bond acceptors (Lipinski definition) is 3. The summed E-state index contributed by atoms with van der Waals surface area (Å²) >= 11 is 0. The summed E-state index contributed by atoms with van der Waals surface area (Å²) in [7, 11) is 0. The third-order valence-electron chi connectivity index (χ3n) is 3.28. The molecule has 2 aromatic rings. The van der Waals surface area contributed by atoms with Crippen LogP contribution in [-0.4, -0.2) is 11.5 Å². The molecule has 0 aliphatic heterocycles. The van der Waals surface area contributed by atoms with Crippen molar-refractivity contribution in [2.75, 3.05) is 11.4 Å². The van der Waals surface area contributed by atoms with Crippen LogP contribution in [0.3, 0.4) is 0 Å². The minimum absolute atomic E-state index is 0.210. The second kappa shape index (κ2) is 6.48. The lowest BCUT2D eigenvalue weighted by molar-refractivity contribution is 0.621.